The van der Waals surface area contributed by atoms with Crippen molar-refractivity contribution in [3.8, 4) is 0 Å². The van der Waals surface area contributed by atoms with E-state index in [0.717, 1.165) is 25.7 Å². The molecule has 2 nitrogen and oxygen atoms in total. The Bertz CT molecular complexity index is 352. The minimum Gasteiger partial charge on any atom is -0.465 e. The Kier molecular flexibility index (Phi) is 5.38. The lowest BCUT2D eigenvalue weighted by molar-refractivity contribution is -0.141. The third-order valence-electron chi connectivity index (χ3n) is 4.73. The molecule has 0 aromatic carbocycles. The van der Waals surface area contributed by atoms with Gasteiger partial charge in [0.15, 0.2) is 0 Å². The van der Waals surface area contributed by atoms with Gasteiger partial charge in [-0.05, 0) is 6.42 Å². The highest BCUT2D eigenvalue weighted by molar-refractivity contribution is 6.80. The van der Waals surface area contributed by atoms with Gasteiger partial charge < -0.3 is 4.74 Å². The van der Waals surface area contributed by atoms with E-state index in [-0.39, 0.29) is 6.61 Å². The van der Waals surface area contributed by atoms with Gasteiger partial charge in [0.1, 0.15) is 6.61 Å². The molecule has 1 aliphatic carbocycles. The molecule has 5 heteroatoms. The van der Waals surface area contributed by atoms with Crippen molar-refractivity contribution in [2.24, 2.45) is 5.92 Å². The second-order valence-electron chi connectivity index (χ2n) is 7.03. The van der Waals surface area contributed by atoms with Crippen LogP contribution in [0.4, 0.5) is 8.78 Å². The van der Waals surface area contributed by atoms with Crippen LogP contribution in [0.15, 0.2) is 0 Å². The summed E-state index contributed by atoms with van der Waals surface area (Å²) < 4.78 is 33.8. The van der Waals surface area contributed by atoms with E-state index in [1.165, 1.54) is 6.92 Å². The standard InChI is InChI=1S/C15H28F2O2Si/c1-6-7-8-9-10-13-14(15(13,16)17,20(3,4)5)11-19-12(2)18/h13H,6-11H2,1-5H3. The molecule has 1 saturated carbocycles. The molecule has 1 rings (SSSR count). The molecule has 0 amide bonds. The predicted octanol–water partition coefficient (Wildman–Crippen LogP) is 4.86. The molecule has 0 aromatic heterocycles. The Morgan fingerprint density at radius 3 is 2.25 bits per heavy atom. The SMILES string of the molecule is CCCCCCC1C(F)(F)C1(COC(C)=O)[Si](C)(C)C. The molecule has 20 heavy (non-hydrogen) atoms. The number of alkyl halides is 2. The zero-order valence-corrected chi connectivity index (χ0v) is 14.4. The van der Waals surface area contributed by atoms with Crippen LogP contribution >= 0.6 is 0 Å². The molecule has 1 fully saturated rings. The molecular formula is C15H28F2O2Si. The van der Waals surface area contributed by atoms with Gasteiger partial charge in [0.25, 0.3) is 5.92 Å². The zero-order valence-electron chi connectivity index (χ0n) is 13.4. The second-order valence-corrected chi connectivity index (χ2v) is 12.4. The Hall–Kier alpha value is -0.453. The molecule has 0 radical (unpaired) electrons. The van der Waals surface area contributed by atoms with Gasteiger partial charge in [-0.15, -0.1) is 0 Å². The summed E-state index contributed by atoms with van der Waals surface area (Å²) >= 11 is 0. The van der Waals surface area contributed by atoms with E-state index in [9.17, 15) is 13.6 Å². The number of esters is 1. The summed E-state index contributed by atoms with van der Waals surface area (Å²) in [6.07, 6.45) is 4.62. The van der Waals surface area contributed by atoms with Crippen LogP contribution in [0.2, 0.25) is 24.7 Å². The van der Waals surface area contributed by atoms with E-state index in [1.807, 2.05) is 19.6 Å². The number of unbranched alkanes of at least 4 members (excludes halogenated alkanes) is 3. The maximum absolute atomic E-state index is 14.4. The highest BCUT2D eigenvalue weighted by Crippen LogP contribution is 2.77. The van der Waals surface area contributed by atoms with Gasteiger partial charge in [0, 0.05) is 12.8 Å². The van der Waals surface area contributed by atoms with Crippen molar-refractivity contribution in [1.29, 1.82) is 0 Å². The van der Waals surface area contributed by atoms with E-state index in [2.05, 4.69) is 6.92 Å². The number of hydrogen-bond acceptors (Lipinski definition) is 2. The molecule has 1 aliphatic rings. The van der Waals surface area contributed by atoms with Gasteiger partial charge in [0.2, 0.25) is 0 Å². The van der Waals surface area contributed by atoms with Crippen LogP contribution < -0.4 is 0 Å². The molecule has 0 aromatic rings. The van der Waals surface area contributed by atoms with E-state index < -0.39 is 30.9 Å². The summed E-state index contributed by atoms with van der Waals surface area (Å²) in [5.41, 5.74) is 0. The molecule has 2 unspecified atom stereocenters. The first-order chi connectivity index (χ1) is 9.11. The Morgan fingerprint density at radius 2 is 1.80 bits per heavy atom. The zero-order chi connectivity index (χ0) is 15.6. The van der Waals surface area contributed by atoms with Crippen LogP contribution in [0, 0.1) is 5.92 Å². The minimum absolute atomic E-state index is 0.108. The summed E-state index contributed by atoms with van der Waals surface area (Å²) in [6, 6.07) is 0. The third kappa shape index (κ3) is 3.07. The summed E-state index contributed by atoms with van der Waals surface area (Å²) in [6.45, 7) is 9.15. The van der Waals surface area contributed by atoms with Crippen molar-refractivity contribution in [1.82, 2.24) is 0 Å². The second kappa shape index (κ2) is 6.12. The van der Waals surface area contributed by atoms with Gasteiger partial charge in [-0.1, -0.05) is 52.2 Å². The smallest absolute Gasteiger partial charge is 0.302 e. The van der Waals surface area contributed by atoms with Crippen LogP contribution in [0.1, 0.15) is 46.0 Å². The average Bonchev–Trinajstić information content (AvgIpc) is 2.78. The maximum Gasteiger partial charge on any atom is 0.302 e. The van der Waals surface area contributed by atoms with Gasteiger partial charge in [-0.2, -0.15) is 0 Å². The lowest BCUT2D eigenvalue weighted by atomic mass is 10.1. The molecule has 2 atom stereocenters. The Balaban J connectivity index is 2.75. The predicted molar refractivity (Wildman–Crippen MR) is 79.9 cm³/mol. The van der Waals surface area contributed by atoms with Gasteiger partial charge >= 0.3 is 5.97 Å². The first-order valence-corrected chi connectivity index (χ1v) is 11.1. The van der Waals surface area contributed by atoms with Gasteiger partial charge in [-0.25, -0.2) is 8.78 Å². The summed E-state index contributed by atoms with van der Waals surface area (Å²) in [5, 5.41) is -1.06. The van der Waals surface area contributed by atoms with Crippen molar-refractivity contribution in [2.45, 2.75) is 76.6 Å². The number of rotatable bonds is 8. The number of hydrogen-bond donors (Lipinski definition) is 0. The molecule has 0 bridgehead atoms. The van der Waals surface area contributed by atoms with Gasteiger partial charge in [-0.3, -0.25) is 4.79 Å². The first kappa shape index (κ1) is 17.6. The molecule has 0 heterocycles. The largest absolute Gasteiger partial charge is 0.465 e. The fourth-order valence-electron chi connectivity index (χ4n) is 3.39. The van der Waals surface area contributed by atoms with Gasteiger partial charge in [0.05, 0.1) is 13.1 Å². The topological polar surface area (TPSA) is 26.3 Å². The van der Waals surface area contributed by atoms with E-state index >= 15 is 0 Å². The van der Waals surface area contributed by atoms with Crippen molar-refractivity contribution < 1.29 is 18.3 Å². The normalized spacial score (nSPS) is 28.2. The number of carbonyl (C=O) groups is 1. The maximum atomic E-state index is 14.4. The number of halogens is 2. The summed E-state index contributed by atoms with van der Waals surface area (Å²) in [4.78, 5) is 11.0. The van der Waals surface area contributed by atoms with Crippen LogP contribution in [-0.2, 0) is 9.53 Å². The number of carbonyl (C=O) groups excluding carboxylic acids is 1. The third-order valence-corrected chi connectivity index (χ3v) is 8.23. The molecule has 0 aliphatic heterocycles. The summed E-state index contributed by atoms with van der Waals surface area (Å²) in [5.74, 6) is -3.73. The highest BCUT2D eigenvalue weighted by Gasteiger charge is 2.84. The Labute approximate surface area is 122 Å². The molecule has 118 valence electrons. The Morgan fingerprint density at radius 1 is 1.20 bits per heavy atom. The number of ether oxygens (including phenoxy) is 1. The lowest BCUT2D eigenvalue weighted by Gasteiger charge is -2.29. The van der Waals surface area contributed by atoms with Crippen molar-refractivity contribution in [3.63, 3.8) is 0 Å². The van der Waals surface area contributed by atoms with E-state index in [1.54, 1.807) is 0 Å². The van der Waals surface area contributed by atoms with Crippen LogP contribution in [0.5, 0.6) is 0 Å². The molecular weight excluding hydrogens is 278 g/mol. The fraction of sp³-hybridized carbons (Fsp3) is 0.933. The van der Waals surface area contributed by atoms with Crippen LogP contribution in [-0.4, -0.2) is 26.6 Å². The van der Waals surface area contributed by atoms with Crippen molar-refractivity contribution in [2.75, 3.05) is 6.61 Å². The van der Waals surface area contributed by atoms with Crippen LogP contribution in [0.25, 0.3) is 0 Å². The fourth-order valence-corrected chi connectivity index (χ4v) is 6.37. The van der Waals surface area contributed by atoms with Crippen LogP contribution in [0.3, 0.4) is 0 Å². The first-order valence-electron chi connectivity index (χ1n) is 7.62. The monoisotopic (exact) mass is 306 g/mol. The molecule has 0 spiro atoms. The van der Waals surface area contributed by atoms with E-state index in [4.69, 9.17) is 4.74 Å². The van der Waals surface area contributed by atoms with E-state index in [0.29, 0.717) is 6.42 Å². The van der Waals surface area contributed by atoms with Crippen molar-refractivity contribution in [3.05, 3.63) is 0 Å². The highest BCUT2D eigenvalue weighted by atomic mass is 28.3. The average molecular weight is 306 g/mol. The lowest BCUT2D eigenvalue weighted by Crippen LogP contribution is -2.38. The quantitative estimate of drug-likeness (QED) is 0.363. The van der Waals surface area contributed by atoms with Crippen molar-refractivity contribution >= 4 is 14.0 Å². The summed E-state index contributed by atoms with van der Waals surface area (Å²) in [7, 11) is -2.13. The molecule has 0 N–H and O–H groups in total. The minimum atomic E-state index is -2.67. The molecule has 0 saturated heterocycles.